The Labute approximate surface area is 175 Å². The van der Waals surface area contributed by atoms with E-state index in [0.29, 0.717) is 0 Å². The Kier molecular flexibility index (Phi) is 7.56. The minimum Gasteiger partial charge on any atom is -0.334 e. The Morgan fingerprint density at radius 3 is 0.971 bits per heavy atom. The molecule has 0 aromatic carbocycles. The zero-order chi connectivity index (χ0) is 29.3. The van der Waals surface area contributed by atoms with Gasteiger partial charge in [-0.3, -0.25) is 0 Å². The SMILES string of the molecule is O=C(OS(=O)(=O)C(F)(F)C(F)(F)C(F)(F)C(F)(F)C(F)(F)C(F)(F)C(F)(F)C(F)(F)F)C(F)(F)F. The lowest BCUT2D eigenvalue weighted by molar-refractivity contribution is -0.458. The van der Waals surface area contributed by atoms with Crippen LogP contribution in [0.15, 0.2) is 0 Å². The van der Waals surface area contributed by atoms with Gasteiger partial charge in [-0.25, -0.2) is 4.79 Å². The molecule has 0 aliphatic heterocycles. The minimum atomic E-state index is -9.17. The van der Waals surface area contributed by atoms with E-state index in [1.807, 2.05) is 0 Å². The molecule has 210 valence electrons. The monoisotopic (exact) mass is 596 g/mol. The van der Waals surface area contributed by atoms with E-state index >= 15 is 0 Å². The Morgan fingerprint density at radius 1 is 0.457 bits per heavy atom. The van der Waals surface area contributed by atoms with Crippen LogP contribution in [0.4, 0.5) is 87.8 Å². The summed E-state index contributed by atoms with van der Waals surface area (Å²) in [5, 5.41) is -8.38. The molecule has 0 unspecified atom stereocenters. The molecule has 0 aromatic rings. The molecule has 4 nitrogen and oxygen atoms in total. The molecule has 0 atom stereocenters. The van der Waals surface area contributed by atoms with Crippen LogP contribution in [0.1, 0.15) is 0 Å². The molecule has 0 rings (SSSR count). The van der Waals surface area contributed by atoms with Crippen LogP contribution in [-0.4, -0.2) is 67.5 Å². The Hall–Kier alpha value is -1.98. The quantitative estimate of drug-likeness (QED) is 0.279. The highest BCUT2D eigenvalue weighted by Gasteiger charge is 2.96. The van der Waals surface area contributed by atoms with Crippen molar-refractivity contribution in [2.24, 2.45) is 0 Å². The summed E-state index contributed by atoms with van der Waals surface area (Å²) in [6.07, 6.45) is -14.8. The molecule has 0 radical (unpaired) electrons. The largest absolute Gasteiger partial charge is 0.492 e. The molecule has 0 saturated carbocycles. The highest BCUT2D eigenvalue weighted by Crippen LogP contribution is 2.64. The summed E-state index contributed by atoms with van der Waals surface area (Å²) in [5.74, 6) is -58.1. The normalized spacial score (nSPS) is 16.3. The lowest BCUT2D eigenvalue weighted by Crippen LogP contribution is -2.75. The molecule has 0 aromatic heterocycles. The lowest BCUT2D eigenvalue weighted by atomic mass is 9.91. The van der Waals surface area contributed by atoms with E-state index in [0.717, 1.165) is 0 Å². The standard InChI is InChI=1S/C10F20O4S/c11-2(12,13)1(31)34-35(32,33)10(29,30)8(24,25)6(20,21)4(16,17)3(14,15)5(18,19)7(22,23)9(26,27)28. The second kappa shape index (κ2) is 8.01. The van der Waals surface area contributed by atoms with Gasteiger partial charge in [0.05, 0.1) is 0 Å². The molecule has 0 fully saturated rings. The molecule has 0 amide bonds. The highest BCUT2D eigenvalue weighted by molar-refractivity contribution is 7.88. The summed E-state index contributed by atoms with van der Waals surface area (Å²) in [6.45, 7) is 0. The molecule has 0 heterocycles. The first-order chi connectivity index (χ1) is 14.6. The fraction of sp³-hybridized carbons (Fsp3) is 0.900. The molecule has 0 bridgehead atoms. The predicted octanol–water partition coefficient (Wildman–Crippen LogP) is 5.39. The van der Waals surface area contributed by atoms with Crippen molar-refractivity contribution >= 4 is 16.1 Å². The number of alkyl halides is 20. The Morgan fingerprint density at radius 2 is 0.714 bits per heavy atom. The van der Waals surface area contributed by atoms with E-state index in [9.17, 15) is 101 Å². The third-order valence-corrected chi connectivity index (χ3v) is 4.68. The summed E-state index contributed by atoms with van der Waals surface area (Å²) in [4.78, 5) is 10.1. The van der Waals surface area contributed by atoms with E-state index in [1.165, 1.54) is 0 Å². The second-order valence-corrected chi connectivity index (χ2v) is 7.37. The molecule has 0 aliphatic rings. The van der Waals surface area contributed by atoms with Crippen LogP contribution in [-0.2, 0) is 19.1 Å². The van der Waals surface area contributed by atoms with Crippen LogP contribution in [0.5, 0.6) is 0 Å². The average Bonchev–Trinajstić information content (AvgIpc) is 2.58. The summed E-state index contributed by atoms with van der Waals surface area (Å²) >= 11 is 0. The second-order valence-electron chi connectivity index (χ2n) is 5.78. The van der Waals surface area contributed by atoms with Crippen molar-refractivity contribution in [3.8, 4) is 0 Å². The molecule has 25 heteroatoms. The molecule has 0 saturated heterocycles. The Bertz CT molecular complexity index is 925. The van der Waals surface area contributed by atoms with E-state index in [-0.39, 0.29) is 0 Å². The van der Waals surface area contributed by atoms with Crippen molar-refractivity contribution in [3.05, 3.63) is 0 Å². The molecule has 35 heavy (non-hydrogen) atoms. The third kappa shape index (κ3) is 4.40. The number of hydrogen-bond donors (Lipinski definition) is 0. The van der Waals surface area contributed by atoms with Crippen LogP contribution in [0.25, 0.3) is 0 Å². The van der Waals surface area contributed by atoms with Crippen LogP contribution in [0.2, 0.25) is 0 Å². The fourth-order valence-electron chi connectivity index (χ4n) is 1.51. The number of rotatable bonds is 8. The van der Waals surface area contributed by atoms with E-state index in [2.05, 4.69) is 0 Å². The summed E-state index contributed by atoms with van der Waals surface area (Å²) in [6, 6.07) is 0. The molecular weight excluding hydrogens is 596 g/mol. The van der Waals surface area contributed by atoms with Crippen LogP contribution in [0, 0.1) is 0 Å². The lowest BCUT2D eigenvalue weighted by Gasteiger charge is -2.42. The topological polar surface area (TPSA) is 60.4 Å². The average molecular weight is 596 g/mol. The first-order valence-electron chi connectivity index (χ1n) is 6.89. The highest BCUT2D eigenvalue weighted by atomic mass is 32.2. The number of halogens is 20. The first kappa shape index (κ1) is 33.0. The van der Waals surface area contributed by atoms with Crippen molar-refractivity contribution in [1.29, 1.82) is 0 Å². The van der Waals surface area contributed by atoms with Gasteiger partial charge in [0.25, 0.3) is 0 Å². The van der Waals surface area contributed by atoms with Gasteiger partial charge in [-0.2, -0.15) is 96.2 Å². The summed E-state index contributed by atoms with van der Waals surface area (Å²) < 4.78 is 278. The van der Waals surface area contributed by atoms with Gasteiger partial charge in [0.15, 0.2) is 0 Å². The smallest absolute Gasteiger partial charge is 0.334 e. The van der Waals surface area contributed by atoms with Crippen molar-refractivity contribution in [2.45, 2.75) is 53.1 Å². The molecule has 0 aliphatic carbocycles. The van der Waals surface area contributed by atoms with E-state index < -0.39 is 69.2 Å². The molecule has 0 spiro atoms. The van der Waals surface area contributed by atoms with Gasteiger partial charge in [-0.05, 0) is 0 Å². The zero-order valence-corrected chi connectivity index (χ0v) is 15.4. The first-order valence-corrected chi connectivity index (χ1v) is 8.30. The third-order valence-electron chi connectivity index (χ3n) is 3.42. The van der Waals surface area contributed by atoms with Crippen molar-refractivity contribution in [1.82, 2.24) is 0 Å². The van der Waals surface area contributed by atoms with Gasteiger partial charge >= 0.3 is 69.2 Å². The number of hydrogen-bond acceptors (Lipinski definition) is 4. The summed E-state index contributed by atoms with van der Waals surface area (Å²) in [5.41, 5.74) is 0. The maximum Gasteiger partial charge on any atom is 0.492 e. The van der Waals surface area contributed by atoms with Crippen molar-refractivity contribution in [2.75, 3.05) is 0 Å². The van der Waals surface area contributed by atoms with Gasteiger partial charge in [-0.15, -0.1) is 0 Å². The van der Waals surface area contributed by atoms with Crippen LogP contribution < -0.4 is 0 Å². The van der Waals surface area contributed by atoms with Crippen LogP contribution in [0.3, 0.4) is 0 Å². The predicted molar refractivity (Wildman–Crippen MR) is 61.8 cm³/mol. The minimum absolute atomic E-state index is 1.71. The maximum absolute atomic E-state index is 13.3. The van der Waals surface area contributed by atoms with Crippen molar-refractivity contribution in [3.63, 3.8) is 0 Å². The molecule has 0 N–H and O–H groups in total. The zero-order valence-electron chi connectivity index (χ0n) is 14.6. The molecular formula is C10F20O4S. The Balaban J connectivity index is 6.94. The van der Waals surface area contributed by atoms with Gasteiger partial charge in [0.2, 0.25) is 0 Å². The van der Waals surface area contributed by atoms with E-state index in [1.54, 1.807) is 4.18 Å². The van der Waals surface area contributed by atoms with Gasteiger partial charge in [0.1, 0.15) is 0 Å². The van der Waals surface area contributed by atoms with Gasteiger partial charge in [-0.1, -0.05) is 0 Å². The van der Waals surface area contributed by atoms with Gasteiger partial charge in [0, 0.05) is 0 Å². The number of carbonyl (C=O) groups is 1. The maximum atomic E-state index is 13.3. The number of carbonyl (C=O) groups excluding carboxylic acids is 1. The summed E-state index contributed by atoms with van der Waals surface area (Å²) in [7, 11) is -8.60. The van der Waals surface area contributed by atoms with Gasteiger partial charge < -0.3 is 4.18 Å². The van der Waals surface area contributed by atoms with Crippen LogP contribution >= 0.6 is 0 Å². The van der Waals surface area contributed by atoms with Crippen molar-refractivity contribution < 1.29 is 105 Å². The fourth-order valence-corrected chi connectivity index (χ4v) is 2.35. The van der Waals surface area contributed by atoms with E-state index in [4.69, 9.17) is 0 Å².